The minimum absolute atomic E-state index is 0.107. The number of hydrogen-bond donors (Lipinski definition) is 0. The van der Waals surface area contributed by atoms with Gasteiger partial charge in [-0.25, -0.2) is 4.98 Å². The van der Waals surface area contributed by atoms with Crippen molar-refractivity contribution in [3.05, 3.63) is 26.4 Å². The molecule has 1 aromatic heterocycles. The second kappa shape index (κ2) is 3.14. The van der Waals surface area contributed by atoms with Crippen molar-refractivity contribution in [2.45, 2.75) is 0 Å². The van der Waals surface area contributed by atoms with Crippen LogP contribution in [0, 0.1) is 6.07 Å². The van der Waals surface area contributed by atoms with E-state index in [2.05, 4.69) is 11.1 Å². The molecule has 0 saturated carbocycles. The van der Waals surface area contributed by atoms with Crippen LogP contribution in [0.1, 0.15) is 0 Å². The number of nitrogens with zero attached hydrogens (tertiary/aromatic N) is 1. The largest absolute Gasteiger partial charge is 0.221 e. The van der Waals surface area contributed by atoms with Crippen molar-refractivity contribution in [1.82, 2.24) is 4.98 Å². The monoisotopic (exact) mass is 214 g/mol. The summed E-state index contributed by atoms with van der Waals surface area (Å²) in [6, 6.07) is 2.51. The Morgan fingerprint density at radius 1 is 0.900 bits per heavy atom. The normalized spacial score (nSPS) is 10.0. The van der Waals surface area contributed by atoms with Crippen molar-refractivity contribution in [1.29, 1.82) is 0 Å². The first-order valence-electron chi connectivity index (χ1n) is 2.20. The zero-order chi connectivity index (χ0) is 7.72. The van der Waals surface area contributed by atoms with Crippen molar-refractivity contribution in [2.24, 2.45) is 0 Å². The van der Waals surface area contributed by atoms with E-state index in [9.17, 15) is 0 Å². The Bertz CT molecular complexity index is 210. The molecule has 53 valence electrons. The summed E-state index contributed by atoms with van der Waals surface area (Å²) >= 11 is 21.9. The molecule has 0 atom stereocenters. The average Bonchev–Trinajstić information content (AvgIpc) is 1.84. The van der Waals surface area contributed by atoms with Crippen LogP contribution in [0.5, 0.6) is 0 Å². The fourth-order valence-corrected chi connectivity index (χ4v) is 1.01. The van der Waals surface area contributed by atoms with E-state index in [1.807, 2.05) is 0 Å². The van der Waals surface area contributed by atoms with Crippen LogP contribution in [0.3, 0.4) is 0 Å². The van der Waals surface area contributed by atoms with Gasteiger partial charge in [0.2, 0.25) is 0 Å². The molecule has 10 heavy (non-hydrogen) atoms. The minimum Gasteiger partial charge on any atom is -0.221 e. The SMILES string of the molecule is Clc1[c]c(Cl)c(Cl)nc1Cl. The van der Waals surface area contributed by atoms with Crippen LogP contribution in [0.25, 0.3) is 0 Å². The third-order valence-corrected chi connectivity index (χ3v) is 2.07. The lowest BCUT2D eigenvalue weighted by Crippen LogP contribution is -1.79. The Hall–Kier alpha value is 0.310. The molecule has 1 heterocycles. The molecule has 1 nitrogen and oxygen atoms in total. The highest BCUT2D eigenvalue weighted by Gasteiger charge is 2.04. The number of hydrogen-bond acceptors (Lipinski definition) is 1. The fourth-order valence-electron chi connectivity index (χ4n) is 0.384. The quantitative estimate of drug-likeness (QED) is 0.604. The predicted octanol–water partition coefficient (Wildman–Crippen LogP) is 3.50. The molecule has 0 aromatic carbocycles. The number of aromatic nitrogens is 1. The van der Waals surface area contributed by atoms with E-state index in [-0.39, 0.29) is 20.4 Å². The smallest absolute Gasteiger partial charge is 0.150 e. The summed E-state index contributed by atoms with van der Waals surface area (Å²) in [7, 11) is 0. The maximum absolute atomic E-state index is 5.49. The molecule has 5 heteroatoms. The Labute approximate surface area is 77.9 Å². The topological polar surface area (TPSA) is 12.9 Å². The van der Waals surface area contributed by atoms with E-state index in [0.717, 1.165) is 0 Å². The highest BCUT2D eigenvalue weighted by atomic mass is 35.5. The second-order valence-corrected chi connectivity index (χ2v) is 2.92. The van der Waals surface area contributed by atoms with E-state index < -0.39 is 0 Å². The molecule has 0 unspecified atom stereocenters. The molecule has 0 fully saturated rings. The lowest BCUT2D eigenvalue weighted by atomic mass is 10.5. The van der Waals surface area contributed by atoms with Crippen LogP contribution in [0.15, 0.2) is 0 Å². The summed E-state index contributed by atoms with van der Waals surface area (Å²) in [6.45, 7) is 0. The molecule has 0 spiro atoms. The molecule has 1 radical (unpaired) electrons. The van der Waals surface area contributed by atoms with Gasteiger partial charge in [0.25, 0.3) is 0 Å². The first-order valence-corrected chi connectivity index (χ1v) is 3.72. The van der Waals surface area contributed by atoms with Crippen molar-refractivity contribution in [2.75, 3.05) is 0 Å². The molecular formula is C5Cl4N. The third-order valence-electron chi connectivity index (χ3n) is 0.778. The van der Waals surface area contributed by atoms with Crippen LogP contribution in [-0.4, -0.2) is 4.98 Å². The number of pyridine rings is 1. The van der Waals surface area contributed by atoms with E-state index in [1.165, 1.54) is 0 Å². The Morgan fingerprint density at radius 3 is 1.60 bits per heavy atom. The molecule has 0 saturated heterocycles. The Morgan fingerprint density at radius 2 is 1.30 bits per heavy atom. The molecule has 1 rings (SSSR count). The highest BCUT2D eigenvalue weighted by molar-refractivity contribution is 6.45. The van der Waals surface area contributed by atoms with Gasteiger partial charge >= 0.3 is 0 Å². The lowest BCUT2D eigenvalue weighted by molar-refractivity contribution is 1.32. The molecule has 0 amide bonds. The molecule has 0 N–H and O–H groups in total. The molecule has 0 aliphatic heterocycles. The van der Waals surface area contributed by atoms with Crippen LogP contribution >= 0.6 is 46.4 Å². The van der Waals surface area contributed by atoms with Gasteiger partial charge in [-0.3, -0.25) is 0 Å². The van der Waals surface area contributed by atoms with Crippen LogP contribution in [0.2, 0.25) is 20.4 Å². The summed E-state index contributed by atoms with van der Waals surface area (Å²) in [5, 5.41) is 0.569. The van der Waals surface area contributed by atoms with Gasteiger partial charge < -0.3 is 0 Å². The summed E-state index contributed by atoms with van der Waals surface area (Å²) in [4.78, 5) is 3.61. The Kier molecular flexibility index (Phi) is 2.64. The van der Waals surface area contributed by atoms with Crippen molar-refractivity contribution in [3.8, 4) is 0 Å². The zero-order valence-corrected chi connectivity index (χ0v) is 7.48. The summed E-state index contributed by atoms with van der Waals surface area (Å²) < 4.78 is 0. The van der Waals surface area contributed by atoms with Gasteiger partial charge in [0, 0.05) is 6.07 Å². The lowest BCUT2D eigenvalue weighted by Gasteiger charge is -1.95. The number of rotatable bonds is 0. The zero-order valence-electron chi connectivity index (χ0n) is 4.46. The van der Waals surface area contributed by atoms with E-state index >= 15 is 0 Å². The summed E-state index contributed by atoms with van der Waals surface area (Å²) in [6.07, 6.45) is 0. The average molecular weight is 216 g/mol. The Balaban J connectivity index is 3.28. The summed E-state index contributed by atoms with van der Waals surface area (Å²) in [5.74, 6) is 0. The van der Waals surface area contributed by atoms with Gasteiger partial charge in [0.05, 0.1) is 10.0 Å². The molecule has 0 bridgehead atoms. The van der Waals surface area contributed by atoms with E-state index in [4.69, 9.17) is 46.4 Å². The van der Waals surface area contributed by atoms with Gasteiger partial charge in [0.15, 0.2) is 0 Å². The van der Waals surface area contributed by atoms with Gasteiger partial charge in [0.1, 0.15) is 10.3 Å². The first-order chi connectivity index (χ1) is 4.61. The van der Waals surface area contributed by atoms with Crippen LogP contribution in [-0.2, 0) is 0 Å². The summed E-state index contributed by atoms with van der Waals surface area (Å²) in [5.41, 5.74) is 0. The first kappa shape index (κ1) is 8.41. The molecular weight excluding hydrogens is 216 g/mol. The predicted molar refractivity (Wildman–Crippen MR) is 43.1 cm³/mol. The van der Waals surface area contributed by atoms with E-state index in [1.54, 1.807) is 0 Å². The standard InChI is InChI=1S/C5Cl4N/c6-2-1-3(7)5(9)10-4(2)8. The van der Waals surface area contributed by atoms with Crippen molar-refractivity contribution < 1.29 is 0 Å². The molecule has 1 aromatic rings. The van der Waals surface area contributed by atoms with Gasteiger partial charge in [-0.05, 0) is 0 Å². The van der Waals surface area contributed by atoms with Crippen molar-refractivity contribution >= 4 is 46.4 Å². The fraction of sp³-hybridized carbons (Fsp3) is 0. The van der Waals surface area contributed by atoms with Gasteiger partial charge in [-0.2, -0.15) is 0 Å². The highest BCUT2D eigenvalue weighted by Crippen LogP contribution is 2.27. The molecule has 0 aliphatic rings. The number of halogens is 4. The maximum Gasteiger partial charge on any atom is 0.150 e. The second-order valence-electron chi connectivity index (χ2n) is 1.45. The van der Waals surface area contributed by atoms with Crippen LogP contribution < -0.4 is 0 Å². The maximum atomic E-state index is 5.49. The van der Waals surface area contributed by atoms with E-state index in [0.29, 0.717) is 0 Å². The van der Waals surface area contributed by atoms with Crippen LogP contribution in [0.4, 0.5) is 0 Å². The van der Waals surface area contributed by atoms with Gasteiger partial charge in [-0.15, -0.1) is 0 Å². The third kappa shape index (κ3) is 1.67. The molecule has 0 aliphatic carbocycles. The minimum atomic E-state index is 0.107. The van der Waals surface area contributed by atoms with Crippen molar-refractivity contribution in [3.63, 3.8) is 0 Å². The van der Waals surface area contributed by atoms with Gasteiger partial charge in [-0.1, -0.05) is 46.4 Å².